The number of benzene rings is 2. The SMILES string of the molecule is CC[C@@H](C(=O)N(C)CCN(C)C(=O)OC(C)(C)C)N(C)C(=O)OCC1c2ccccc2-c2ccccc21. The molecule has 0 radical (unpaired) electrons. The molecular weight excluding hydrogens is 470 g/mol. The minimum absolute atomic E-state index is 0.0495. The molecule has 0 saturated carbocycles. The monoisotopic (exact) mass is 509 g/mol. The van der Waals surface area contributed by atoms with Crippen LogP contribution in [-0.2, 0) is 14.3 Å². The van der Waals surface area contributed by atoms with E-state index in [-0.39, 0.29) is 18.4 Å². The summed E-state index contributed by atoms with van der Waals surface area (Å²) >= 11 is 0. The zero-order chi connectivity index (χ0) is 27.3. The number of carbonyl (C=O) groups excluding carboxylic acids is 3. The number of carbonyl (C=O) groups is 3. The van der Waals surface area contributed by atoms with Crippen LogP contribution < -0.4 is 0 Å². The van der Waals surface area contributed by atoms with E-state index in [9.17, 15) is 14.4 Å². The van der Waals surface area contributed by atoms with Gasteiger partial charge >= 0.3 is 12.2 Å². The van der Waals surface area contributed by atoms with Crippen LogP contribution in [0.15, 0.2) is 48.5 Å². The number of nitrogens with zero attached hydrogens (tertiary/aromatic N) is 3. The van der Waals surface area contributed by atoms with E-state index in [1.54, 1.807) is 41.9 Å². The van der Waals surface area contributed by atoms with Crippen LogP contribution in [0.25, 0.3) is 11.1 Å². The Hall–Kier alpha value is -3.55. The van der Waals surface area contributed by atoms with Crippen LogP contribution in [0.1, 0.15) is 51.2 Å². The normalized spacial score (nSPS) is 13.3. The smallest absolute Gasteiger partial charge is 0.410 e. The lowest BCUT2D eigenvalue weighted by molar-refractivity contribution is -0.135. The summed E-state index contributed by atoms with van der Waals surface area (Å²) in [6.07, 6.45) is -0.552. The van der Waals surface area contributed by atoms with Gasteiger partial charge in [-0.15, -0.1) is 0 Å². The van der Waals surface area contributed by atoms with E-state index in [2.05, 4.69) is 24.3 Å². The van der Waals surface area contributed by atoms with Gasteiger partial charge in [0.25, 0.3) is 0 Å². The number of fused-ring (bicyclic) bond motifs is 3. The zero-order valence-corrected chi connectivity index (χ0v) is 23.0. The standard InChI is InChI=1S/C29H39N3O5/c1-8-25(26(33)30(5)17-18-31(6)27(34)37-29(2,3)4)32(7)28(35)36-19-24-22-15-11-9-13-20(22)21-14-10-12-16-23(21)24/h9-16,24-25H,8,17-19H2,1-7H3/t25-/m0/s1. The van der Waals surface area contributed by atoms with E-state index in [1.807, 2.05) is 31.2 Å². The van der Waals surface area contributed by atoms with Crippen LogP contribution in [-0.4, -0.2) is 85.3 Å². The number of hydrogen-bond acceptors (Lipinski definition) is 5. The molecule has 0 saturated heterocycles. The molecular formula is C29H39N3O5. The quantitative estimate of drug-likeness (QED) is 0.502. The van der Waals surface area contributed by atoms with Gasteiger partial charge < -0.3 is 19.3 Å². The fourth-order valence-electron chi connectivity index (χ4n) is 4.53. The number of amides is 3. The van der Waals surface area contributed by atoms with Crippen LogP contribution in [0.2, 0.25) is 0 Å². The molecule has 0 fully saturated rings. The second kappa shape index (κ2) is 11.7. The van der Waals surface area contributed by atoms with Gasteiger partial charge in [-0.3, -0.25) is 9.69 Å². The van der Waals surface area contributed by atoms with Gasteiger partial charge in [0.1, 0.15) is 18.2 Å². The first kappa shape index (κ1) is 28.0. The molecule has 200 valence electrons. The van der Waals surface area contributed by atoms with Crippen LogP contribution in [0.4, 0.5) is 9.59 Å². The van der Waals surface area contributed by atoms with Crippen molar-refractivity contribution in [2.75, 3.05) is 40.8 Å². The Labute approximate surface area is 220 Å². The lowest BCUT2D eigenvalue weighted by Gasteiger charge is -2.31. The first-order valence-corrected chi connectivity index (χ1v) is 12.7. The van der Waals surface area contributed by atoms with Crippen molar-refractivity contribution in [1.29, 1.82) is 0 Å². The molecule has 3 rings (SSSR count). The molecule has 1 aliphatic carbocycles. The summed E-state index contributed by atoms with van der Waals surface area (Å²) in [6, 6.07) is 15.6. The van der Waals surface area contributed by atoms with Gasteiger partial charge in [-0.1, -0.05) is 55.5 Å². The van der Waals surface area contributed by atoms with Crippen molar-refractivity contribution >= 4 is 18.1 Å². The zero-order valence-electron chi connectivity index (χ0n) is 23.0. The number of ether oxygens (including phenoxy) is 2. The molecule has 1 aliphatic rings. The van der Waals surface area contributed by atoms with Crippen molar-refractivity contribution < 1.29 is 23.9 Å². The van der Waals surface area contributed by atoms with E-state index >= 15 is 0 Å². The summed E-state index contributed by atoms with van der Waals surface area (Å²) in [5.41, 5.74) is 4.00. The average molecular weight is 510 g/mol. The van der Waals surface area contributed by atoms with Gasteiger partial charge in [-0.25, -0.2) is 9.59 Å². The van der Waals surface area contributed by atoms with Gasteiger partial charge in [0.05, 0.1) is 0 Å². The summed E-state index contributed by atoms with van der Waals surface area (Å²) < 4.78 is 11.1. The van der Waals surface area contributed by atoms with Gasteiger partial charge in [0.15, 0.2) is 0 Å². The van der Waals surface area contributed by atoms with Crippen LogP contribution in [0.3, 0.4) is 0 Å². The molecule has 3 amide bonds. The molecule has 0 heterocycles. The average Bonchev–Trinajstić information content (AvgIpc) is 3.18. The highest BCUT2D eigenvalue weighted by atomic mass is 16.6. The summed E-state index contributed by atoms with van der Waals surface area (Å²) in [7, 11) is 4.89. The van der Waals surface area contributed by atoms with Crippen LogP contribution in [0.5, 0.6) is 0 Å². The van der Waals surface area contributed by atoms with E-state index < -0.39 is 23.8 Å². The number of likely N-dealkylation sites (N-methyl/N-ethyl adjacent to an activating group) is 3. The summed E-state index contributed by atoms with van der Waals surface area (Å²) in [5.74, 6) is -0.261. The maximum absolute atomic E-state index is 13.2. The fraction of sp³-hybridized carbons (Fsp3) is 0.483. The Morgan fingerprint density at radius 3 is 1.86 bits per heavy atom. The fourth-order valence-corrected chi connectivity index (χ4v) is 4.53. The van der Waals surface area contributed by atoms with Crippen molar-refractivity contribution in [3.63, 3.8) is 0 Å². The second-order valence-electron chi connectivity index (χ2n) is 10.5. The van der Waals surface area contributed by atoms with E-state index in [0.717, 1.165) is 22.3 Å². The van der Waals surface area contributed by atoms with E-state index in [4.69, 9.17) is 9.47 Å². The Morgan fingerprint density at radius 2 is 1.35 bits per heavy atom. The second-order valence-corrected chi connectivity index (χ2v) is 10.5. The highest BCUT2D eigenvalue weighted by Crippen LogP contribution is 2.44. The highest BCUT2D eigenvalue weighted by Gasteiger charge is 2.32. The summed E-state index contributed by atoms with van der Waals surface area (Å²) in [6.45, 7) is 8.08. The third-order valence-electron chi connectivity index (χ3n) is 6.62. The predicted octanol–water partition coefficient (Wildman–Crippen LogP) is 4.97. The molecule has 8 heteroatoms. The molecule has 37 heavy (non-hydrogen) atoms. The minimum Gasteiger partial charge on any atom is -0.448 e. The Bertz CT molecular complexity index is 1080. The Kier molecular flexibility index (Phi) is 8.84. The van der Waals surface area contributed by atoms with Gasteiger partial charge in [-0.05, 0) is 49.4 Å². The lowest BCUT2D eigenvalue weighted by Crippen LogP contribution is -2.49. The number of hydrogen-bond donors (Lipinski definition) is 0. The minimum atomic E-state index is -0.674. The molecule has 0 aromatic heterocycles. The molecule has 0 N–H and O–H groups in total. The van der Waals surface area contributed by atoms with Crippen LogP contribution >= 0.6 is 0 Å². The van der Waals surface area contributed by atoms with Crippen molar-refractivity contribution in [1.82, 2.24) is 14.7 Å². The Balaban J connectivity index is 1.58. The molecule has 0 unspecified atom stereocenters. The van der Waals surface area contributed by atoms with Gasteiger partial charge in [-0.2, -0.15) is 0 Å². The molecule has 2 aromatic carbocycles. The van der Waals surface area contributed by atoms with E-state index in [1.165, 1.54) is 14.7 Å². The van der Waals surface area contributed by atoms with Crippen molar-refractivity contribution in [2.45, 2.75) is 51.7 Å². The molecule has 2 aromatic rings. The maximum atomic E-state index is 13.2. The largest absolute Gasteiger partial charge is 0.448 e. The third-order valence-corrected chi connectivity index (χ3v) is 6.62. The predicted molar refractivity (Wildman–Crippen MR) is 143 cm³/mol. The lowest BCUT2D eigenvalue weighted by atomic mass is 9.98. The Morgan fingerprint density at radius 1 is 0.838 bits per heavy atom. The maximum Gasteiger partial charge on any atom is 0.410 e. The molecule has 0 bridgehead atoms. The molecule has 0 spiro atoms. The summed E-state index contributed by atoms with van der Waals surface area (Å²) in [5, 5.41) is 0. The highest BCUT2D eigenvalue weighted by molar-refractivity contribution is 5.85. The molecule has 1 atom stereocenters. The van der Waals surface area contributed by atoms with Gasteiger partial charge in [0, 0.05) is 40.2 Å². The van der Waals surface area contributed by atoms with Crippen molar-refractivity contribution in [3.05, 3.63) is 59.7 Å². The number of rotatable bonds is 8. The van der Waals surface area contributed by atoms with E-state index in [0.29, 0.717) is 19.5 Å². The van der Waals surface area contributed by atoms with Gasteiger partial charge in [0.2, 0.25) is 5.91 Å². The third kappa shape index (κ3) is 6.61. The molecule has 8 nitrogen and oxygen atoms in total. The van der Waals surface area contributed by atoms with Crippen molar-refractivity contribution in [2.24, 2.45) is 0 Å². The first-order chi connectivity index (χ1) is 17.4. The molecule has 0 aliphatic heterocycles. The topological polar surface area (TPSA) is 79.4 Å². The van der Waals surface area contributed by atoms with Crippen LogP contribution in [0, 0.1) is 0 Å². The summed E-state index contributed by atoms with van der Waals surface area (Å²) in [4.78, 5) is 42.7. The first-order valence-electron chi connectivity index (χ1n) is 12.7. The van der Waals surface area contributed by atoms with Crippen molar-refractivity contribution in [3.8, 4) is 11.1 Å².